The van der Waals surface area contributed by atoms with Gasteiger partial charge in [-0.1, -0.05) is 176 Å². The predicted molar refractivity (Wildman–Crippen MR) is 238 cm³/mol. The standard InChI is InChI=1S/C53H37N2OP/c1-57(56)51-24-9-8-23-47(51)48-30-29-45(34-52(48)57)43-20-11-18-41(32-43)40-17-10-19-42(31-40)44-21-12-22-46(33-44)50-35-49(54-53(55-50)39-15-6-3-7-16-39)38-27-25-37(26-28-38)36-13-4-2-5-14-36/h2-35H,1H3. The Labute approximate surface area is 333 Å². The third-order valence-electron chi connectivity index (χ3n) is 11.0. The molecular formula is C53H37N2OP. The Morgan fingerprint density at radius 3 is 1.33 bits per heavy atom. The van der Waals surface area contributed by atoms with Gasteiger partial charge in [0, 0.05) is 27.3 Å². The first-order valence-corrected chi connectivity index (χ1v) is 21.4. The van der Waals surface area contributed by atoms with Crippen molar-refractivity contribution in [2.45, 2.75) is 0 Å². The highest BCUT2D eigenvalue weighted by Crippen LogP contribution is 2.50. The lowest BCUT2D eigenvalue weighted by molar-refractivity contribution is 0.591. The third kappa shape index (κ3) is 6.53. The van der Waals surface area contributed by atoms with Crippen molar-refractivity contribution in [1.82, 2.24) is 9.97 Å². The topological polar surface area (TPSA) is 42.9 Å². The van der Waals surface area contributed by atoms with E-state index in [0.29, 0.717) is 5.82 Å². The third-order valence-corrected chi connectivity index (χ3v) is 13.6. The molecular weight excluding hydrogens is 712 g/mol. The summed E-state index contributed by atoms with van der Waals surface area (Å²) in [7, 11) is -2.67. The minimum Gasteiger partial charge on any atom is -0.314 e. The van der Waals surface area contributed by atoms with Crippen molar-refractivity contribution in [2.24, 2.45) is 0 Å². The molecule has 0 bridgehead atoms. The lowest BCUT2D eigenvalue weighted by Crippen LogP contribution is -2.08. The van der Waals surface area contributed by atoms with Gasteiger partial charge in [0.25, 0.3) is 0 Å². The summed E-state index contributed by atoms with van der Waals surface area (Å²) >= 11 is 0. The van der Waals surface area contributed by atoms with Crippen LogP contribution in [-0.2, 0) is 4.57 Å². The molecule has 1 unspecified atom stereocenters. The number of fused-ring (bicyclic) bond motifs is 3. The number of nitrogens with zero attached hydrogens (tertiary/aromatic N) is 2. The van der Waals surface area contributed by atoms with E-state index in [1.807, 2.05) is 49.1 Å². The van der Waals surface area contributed by atoms with Gasteiger partial charge in [-0.2, -0.15) is 0 Å². The summed E-state index contributed by atoms with van der Waals surface area (Å²) < 4.78 is 14.0. The Morgan fingerprint density at radius 2 is 0.719 bits per heavy atom. The maximum atomic E-state index is 14.0. The zero-order valence-electron chi connectivity index (χ0n) is 31.4. The predicted octanol–water partition coefficient (Wildman–Crippen LogP) is 13.1. The number of hydrogen-bond donors (Lipinski definition) is 0. The van der Waals surface area contributed by atoms with Crippen LogP contribution in [0.5, 0.6) is 0 Å². The van der Waals surface area contributed by atoms with Crippen LogP contribution in [0, 0.1) is 0 Å². The second kappa shape index (κ2) is 14.3. The Bertz CT molecular complexity index is 2990. The van der Waals surface area contributed by atoms with E-state index in [2.05, 4.69) is 164 Å². The second-order valence-corrected chi connectivity index (χ2v) is 17.5. The van der Waals surface area contributed by atoms with E-state index < -0.39 is 7.14 Å². The van der Waals surface area contributed by atoms with Crippen LogP contribution in [0.4, 0.5) is 0 Å². The number of rotatable bonds is 7. The Hall–Kier alpha value is -6.93. The molecule has 1 aromatic heterocycles. The number of benzene rings is 8. The van der Waals surface area contributed by atoms with Gasteiger partial charge in [-0.15, -0.1) is 0 Å². The summed E-state index contributed by atoms with van der Waals surface area (Å²) in [5.41, 5.74) is 15.9. The minimum absolute atomic E-state index is 0.692. The quantitative estimate of drug-likeness (QED) is 0.152. The zero-order chi connectivity index (χ0) is 38.3. The van der Waals surface area contributed by atoms with Crippen LogP contribution in [0.2, 0.25) is 0 Å². The van der Waals surface area contributed by atoms with E-state index in [0.717, 1.165) is 83.2 Å². The SMILES string of the molecule is CP1(=O)c2ccccc2-c2ccc(-c3cccc(-c4cccc(-c5cccc(-c6cc(-c7ccc(-c8ccccc8)cc7)nc(-c7ccccc7)n6)c5)c4)c3)cc21. The van der Waals surface area contributed by atoms with Crippen molar-refractivity contribution in [3.05, 3.63) is 206 Å². The van der Waals surface area contributed by atoms with Gasteiger partial charge >= 0.3 is 0 Å². The van der Waals surface area contributed by atoms with Crippen LogP contribution in [0.1, 0.15) is 0 Å². The Kier molecular flexibility index (Phi) is 8.66. The van der Waals surface area contributed by atoms with Gasteiger partial charge in [0.1, 0.15) is 7.14 Å². The van der Waals surface area contributed by atoms with Gasteiger partial charge < -0.3 is 4.57 Å². The monoisotopic (exact) mass is 748 g/mol. The fourth-order valence-corrected chi connectivity index (χ4v) is 10.4. The van der Waals surface area contributed by atoms with Crippen LogP contribution < -0.4 is 10.6 Å². The van der Waals surface area contributed by atoms with Gasteiger partial charge in [-0.05, 0) is 92.6 Å². The molecule has 0 aliphatic carbocycles. The molecule has 0 radical (unpaired) electrons. The summed E-state index contributed by atoms with van der Waals surface area (Å²) in [6, 6.07) is 71.8. The summed E-state index contributed by atoms with van der Waals surface area (Å²) in [5.74, 6) is 0.692. The molecule has 0 saturated carbocycles. The average molecular weight is 749 g/mol. The molecule has 57 heavy (non-hydrogen) atoms. The van der Waals surface area contributed by atoms with Crippen LogP contribution in [0.25, 0.3) is 89.5 Å². The summed E-state index contributed by atoms with van der Waals surface area (Å²) in [6.45, 7) is 1.90. The first kappa shape index (κ1) is 34.6. The molecule has 0 spiro atoms. The highest BCUT2D eigenvalue weighted by Gasteiger charge is 2.34. The molecule has 3 nitrogen and oxygen atoms in total. The molecule has 9 aromatic rings. The number of hydrogen-bond acceptors (Lipinski definition) is 3. The van der Waals surface area contributed by atoms with E-state index in [1.54, 1.807) is 0 Å². The highest BCUT2D eigenvalue weighted by atomic mass is 31.2. The Morgan fingerprint density at radius 1 is 0.316 bits per heavy atom. The van der Waals surface area contributed by atoms with Crippen LogP contribution in [0.3, 0.4) is 0 Å². The van der Waals surface area contributed by atoms with E-state index >= 15 is 0 Å². The van der Waals surface area contributed by atoms with Crippen LogP contribution in [-0.4, -0.2) is 16.6 Å². The maximum absolute atomic E-state index is 14.0. The van der Waals surface area contributed by atoms with Crippen LogP contribution >= 0.6 is 7.14 Å². The van der Waals surface area contributed by atoms with Crippen molar-refractivity contribution < 1.29 is 4.57 Å². The molecule has 1 aliphatic rings. The summed E-state index contributed by atoms with van der Waals surface area (Å²) in [5, 5.41) is 1.90. The number of aromatic nitrogens is 2. The van der Waals surface area contributed by atoms with E-state index in [9.17, 15) is 4.57 Å². The van der Waals surface area contributed by atoms with Crippen LogP contribution in [0.15, 0.2) is 206 Å². The van der Waals surface area contributed by atoms with Crippen molar-refractivity contribution in [2.75, 3.05) is 6.66 Å². The molecule has 4 heteroatoms. The normalized spacial score (nSPS) is 14.2. The Balaban J connectivity index is 0.983. The lowest BCUT2D eigenvalue weighted by Gasteiger charge is -2.12. The first-order chi connectivity index (χ1) is 28.0. The highest BCUT2D eigenvalue weighted by molar-refractivity contribution is 7.79. The molecule has 1 aliphatic heterocycles. The largest absolute Gasteiger partial charge is 0.314 e. The van der Waals surface area contributed by atoms with E-state index in [-0.39, 0.29) is 0 Å². The molecule has 8 aromatic carbocycles. The van der Waals surface area contributed by atoms with Crippen molar-refractivity contribution in [1.29, 1.82) is 0 Å². The smallest absolute Gasteiger partial charge is 0.160 e. The zero-order valence-corrected chi connectivity index (χ0v) is 32.3. The molecule has 0 fully saturated rings. The average Bonchev–Trinajstić information content (AvgIpc) is 3.52. The molecule has 0 N–H and O–H groups in total. The molecule has 1 atom stereocenters. The van der Waals surface area contributed by atoms with Gasteiger partial charge in [0.2, 0.25) is 0 Å². The van der Waals surface area contributed by atoms with Crippen molar-refractivity contribution in [3.63, 3.8) is 0 Å². The molecule has 2 heterocycles. The molecule has 270 valence electrons. The lowest BCUT2D eigenvalue weighted by atomic mass is 9.94. The maximum Gasteiger partial charge on any atom is 0.160 e. The van der Waals surface area contributed by atoms with Gasteiger partial charge in [0.15, 0.2) is 5.82 Å². The van der Waals surface area contributed by atoms with Crippen molar-refractivity contribution >= 4 is 17.8 Å². The second-order valence-electron chi connectivity index (χ2n) is 14.7. The molecule has 10 rings (SSSR count). The van der Waals surface area contributed by atoms with Gasteiger partial charge in [-0.3, -0.25) is 0 Å². The first-order valence-electron chi connectivity index (χ1n) is 19.2. The summed E-state index contributed by atoms with van der Waals surface area (Å²) in [4.78, 5) is 10.2. The molecule has 0 saturated heterocycles. The fraction of sp³-hybridized carbons (Fsp3) is 0.0189. The fourth-order valence-electron chi connectivity index (χ4n) is 8.03. The minimum atomic E-state index is -2.67. The van der Waals surface area contributed by atoms with Gasteiger partial charge in [-0.25, -0.2) is 9.97 Å². The van der Waals surface area contributed by atoms with E-state index in [1.165, 1.54) is 11.1 Å². The summed E-state index contributed by atoms with van der Waals surface area (Å²) in [6.07, 6.45) is 0. The molecule has 0 amide bonds. The van der Waals surface area contributed by atoms with E-state index in [4.69, 9.17) is 9.97 Å². The van der Waals surface area contributed by atoms with Gasteiger partial charge in [0.05, 0.1) is 11.4 Å². The van der Waals surface area contributed by atoms with Crippen molar-refractivity contribution in [3.8, 4) is 89.5 Å².